The van der Waals surface area contributed by atoms with Gasteiger partial charge < -0.3 is 30.5 Å². The van der Waals surface area contributed by atoms with Crippen molar-refractivity contribution in [3.8, 4) is 5.75 Å². The molecule has 0 fully saturated rings. The molecule has 1 aromatic heterocycles. The number of pyridine rings is 1. The van der Waals surface area contributed by atoms with E-state index in [2.05, 4.69) is 25.8 Å². The lowest BCUT2D eigenvalue weighted by molar-refractivity contribution is -0.114. The molecule has 1 heterocycles. The molecule has 0 spiro atoms. The second-order valence-electron chi connectivity index (χ2n) is 8.97. The molecule has 3 aromatic rings. The minimum Gasteiger partial charge on any atom is -0.497 e. The number of ether oxygens (including phenoxy) is 1. The molecule has 0 aliphatic rings. The first-order chi connectivity index (χ1) is 18.2. The summed E-state index contributed by atoms with van der Waals surface area (Å²) in [5, 5.41) is 8.40. The fraction of sp³-hybridized carbons (Fsp3) is 0.286. The number of anilines is 3. The number of amides is 4. The monoisotopic (exact) mass is 518 g/mol. The summed E-state index contributed by atoms with van der Waals surface area (Å²) >= 11 is 0. The first kappa shape index (κ1) is 28.1. The Labute approximate surface area is 223 Å². The number of methoxy groups -OCH3 is 1. The fourth-order valence-electron chi connectivity index (χ4n) is 3.66. The molecule has 0 aliphatic heterocycles. The van der Waals surface area contributed by atoms with Gasteiger partial charge in [0.05, 0.1) is 18.5 Å². The highest BCUT2D eigenvalue weighted by atomic mass is 16.5. The van der Waals surface area contributed by atoms with Crippen LogP contribution in [-0.4, -0.2) is 66.9 Å². The molecule has 3 rings (SSSR count). The zero-order chi connectivity index (χ0) is 27.5. The van der Waals surface area contributed by atoms with E-state index in [9.17, 15) is 14.4 Å². The Morgan fingerprint density at radius 3 is 2.13 bits per heavy atom. The normalized spacial score (nSPS) is 10.6. The van der Waals surface area contributed by atoms with E-state index < -0.39 is 5.91 Å². The van der Waals surface area contributed by atoms with Crippen LogP contribution >= 0.6 is 0 Å². The van der Waals surface area contributed by atoms with Gasteiger partial charge in [-0.15, -0.1) is 0 Å². The van der Waals surface area contributed by atoms with Crippen LogP contribution in [0.3, 0.4) is 0 Å². The van der Waals surface area contributed by atoms with Crippen molar-refractivity contribution in [3.05, 3.63) is 78.1 Å². The van der Waals surface area contributed by atoms with Crippen LogP contribution in [0.25, 0.3) is 0 Å². The number of rotatable bonds is 11. The highest BCUT2D eigenvalue weighted by molar-refractivity contribution is 6.06. The third kappa shape index (κ3) is 8.59. The van der Waals surface area contributed by atoms with Crippen LogP contribution in [-0.2, 0) is 11.3 Å². The maximum absolute atomic E-state index is 13.1. The zero-order valence-corrected chi connectivity index (χ0v) is 22.2. The summed E-state index contributed by atoms with van der Waals surface area (Å²) < 4.78 is 5.18. The van der Waals surface area contributed by atoms with Gasteiger partial charge >= 0.3 is 6.03 Å². The van der Waals surface area contributed by atoms with Crippen LogP contribution in [0.2, 0.25) is 0 Å². The van der Waals surface area contributed by atoms with Crippen LogP contribution in [0, 0.1) is 0 Å². The Morgan fingerprint density at radius 1 is 0.868 bits per heavy atom. The molecule has 10 heteroatoms. The molecule has 2 aromatic carbocycles. The van der Waals surface area contributed by atoms with Gasteiger partial charge in [-0.1, -0.05) is 18.2 Å². The quantitative estimate of drug-likeness (QED) is 0.349. The predicted molar refractivity (Wildman–Crippen MR) is 149 cm³/mol. The molecule has 0 aliphatic carbocycles. The smallest absolute Gasteiger partial charge is 0.322 e. The second kappa shape index (κ2) is 13.8. The first-order valence-electron chi connectivity index (χ1n) is 12.2. The number of hydrogen-bond acceptors (Lipinski definition) is 6. The topological polar surface area (TPSA) is 116 Å². The van der Waals surface area contributed by atoms with Crippen molar-refractivity contribution in [3.63, 3.8) is 0 Å². The number of carbonyl (C=O) groups excluding carboxylic acids is 3. The Hall–Kier alpha value is -4.44. The molecule has 0 saturated heterocycles. The lowest BCUT2D eigenvalue weighted by Gasteiger charge is -2.24. The Bertz CT molecular complexity index is 1230. The van der Waals surface area contributed by atoms with Gasteiger partial charge in [0.1, 0.15) is 11.4 Å². The SMILES string of the molecule is COc1ccc(NC(=O)N(CCCN(C)C)Cc2ccc(C(=O)Nc3ccccc3NC(C)=O)nc2)cc1. The van der Waals surface area contributed by atoms with E-state index in [0.29, 0.717) is 35.9 Å². The highest BCUT2D eigenvalue weighted by Crippen LogP contribution is 2.22. The van der Waals surface area contributed by atoms with Crippen LogP contribution in [0.4, 0.5) is 21.9 Å². The fourth-order valence-corrected chi connectivity index (χ4v) is 3.66. The van der Waals surface area contributed by atoms with E-state index in [1.54, 1.807) is 78.9 Å². The average Bonchev–Trinajstić information content (AvgIpc) is 2.89. The molecule has 38 heavy (non-hydrogen) atoms. The molecule has 0 atom stereocenters. The van der Waals surface area contributed by atoms with E-state index in [1.165, 1.54) is 6.92 Å². The Balaban J connectivity index is 1.68. The molecule has 10 nitrogen and oxygen atoms in total. The number of urea groups is 1. The van der Waals surface area contributed by atoms with Gasteiger partial charge in [0.2, 0.25) is 5.91 Å². The summed E-state index contributed by atoms with van der Waals surface area (Å²) in [6.07, 6.45) is 2.39. The number of aromatic nitrogens is 1. The summed E-state index contributed by atoms with van der Waals surface area (Å²) in [6, 6.07) is 17.2. The summed E-state index contributed by atoms with van der Waals surface area (Å²) in [5.74, 6) is 0.0643. The van der Waals surface area contributed by atoms with E-state index in [0.717, 1.165) is 18.5 Å². The number of para-hydroxylation sites is 2. The molecule has 0 unspecified atom stereocenters. The standard InChI is InChI=1S/C28H34N6O4/c1-20(35)30-24-8-5-6-9-25(24)32-27(36)26-15-10-21(18-29-26)19-34(17-7-16-33(2)3)28(37)31-22-11-13-23(38-4)14-12-22/h5-6,8-15,18H,7,16-17,19H2,1-4H3,(H,30,35)(H,31,37)(H,32,36). The van der Waals surface area contributed by atoms with Crippen molar-refractivity contribution >= 4 is 34.9 Å². The van der Waals surface area contributed by atoms with Crippen LogP contribution in [0.1, 0.15) is 29.4 Å². The van der Waals surface area contributed by atoms with Crippen molar-refractivity contribution in [2.75, 3.05) is 50.2 Å². The third-order valence-electron chi connectivity index (χ3n) is 5.58. The lowest BCUT2D eigenvalue weighted by atomic mass is 10.2. The molecule has 0 bridgehead atoms. The maximum atomic E-state index is 13.1. The Kier molecular flexibility index (Phi) is 10.2. The van der Waals surface area contributed by atoms with Crippen LogP contribution in [0.15, 0.2) is 66.9 Å². The van der Waals surface area contributed by atoms with Gasteiger partial charge in [0, 0.05) is 31.9 Å². The summed E-state index contributed by atoms with van der Waals surface area (Å²) in [4.78, 5) is 45.4. The van der Waals surface area contributed by atoms with Gasteiger partial charge in [0.15, 0.2) is 0 Å². The molecular weight excluding hydrogens is 484 g/mol. The summed E-state index contributed by atoms with van der Waals surface area (Å²) in [5.41, 5.74) is 2.64. The minimum absolute atomic E-state index is 0.216. The van der Waals surface area contributed by atoms with Crippen LogP contribution < -0.4 is 20.7 Å². The van der Waals surface area contributed by atoms with E-state index in [4.69, 9.17) is 4.74 Å². The lowest BCUT2D eigenvalue weighted by Crippen LogP contribution is -2.36. The van der Waals surface area contributed by atoms with Crippen molar-refractivity contribution in [2.24, 2.45) is 0 Å². The number of hydrogen-bond donors (Lipinski definition) is 3. The second-order valence-corrected chi connectivity index (χ2v) is 8.97. The van der Waals surface area contributed by atoms with Gasteiger partial charge in [-0.2, -0.15) is 0 Å². The predicted octanol–water partition coefficient (Wildman–Crippen LogP) is 4.29. The van der Waals surface area contributed by atoms with Gasteiger partial charge in [-0.25, -0.2) is 4.79 Å². The highest BCUT2D eigenvalue weighted by Gasteiger charge is 2.16. The largest absolute Gasteiger partial charge is 0.497 e. The van der Waals surface area contributed by atoms with Gasteiger partial charge in [-0.3, -0.25) is 14.6 Å². The van der Waals surface area contributed by atoms with Crippen molar-refractivity contribution in [1.82, 2.24) is 14.8 Å². The van der Waals surface area contributed by atoms with Crippen molar-refractivity contribution in [1.29, 1.82) is 0 Å². The molecule has 4 amide bonds. The molecule has 200 valence electrons. The van der Waals surface area contributed by atoms with Crippen molar-refractivity contribution in [2.45, 2.75) is 19.9 Å². The van der Waals surface area contributed by atoms with E-state index >= 15 is 0 Å². The molecular formula is C28H34N6O4. The van der Waals surface area contributed by atoms with E-state index in [-0.39, 0.29) is 17.6 Å². The molecule has 0 saturated carbocycles. The molecule has 3 N–H and O–H groups in total. The first-order valence-corrected chi connectivity index (χ1v) is 12.2. The van der Waals surface area contributed by atoms with Gasteiger partial charge in [-0.05, 0) is 75.1 Å². The number of benzene rings is 2. The number of nitrogens with zero attached hydrogens (tertiary/aromatic N) is 3. The summed E-state index contributed by atoms with van der Waals surface area (Å²) in [7, 11) is 5.57. The summed E-state index contributed by atoms with van der Waals surface area (Å²) in [6.45, 7) is 3.11. The number of nitrogens with one attached hydrogen (secondary N) is 3. The third-order valence-corrected chi connectivity index (χ3v) is 5.58. The van der Waals surface area contributed by atoms with Crippen LogP contribution in [0.5, 0.6) is 5.75 Å². The average molecular weight is 519 g/mol. The number of carbonyl (C=O) groups is 3. The van der Waals surface area contributed by atoms with Gasteiger partial charge in [0.25, 0.3) is 5.91 Å². The zero-order valence-electron chi connectivity index (χ0n) is 22.2. The minimum atomic E-state index is -0.408. The van der Waals surface area contributed by atoms with Crippen molar-refractivity contribution < 1.29 is 19.1 Å². The molecule has 0 radical (unpaired) electrons. The maximum Gasteiger partial charge on any atom is 0.322 e. The Morgan fingerprint density at radius 2 is 1.55 bits per heavy atom. The van der Waals surface area contributed by atoms with E-state index in [1.807, 2.05) is 14.1 Å².